The van der Waals surface area contributed by atoms with Crippen LogP contribution in [0.1, 0.15) is 0 Å². The zero-order valence-corrected chi connectivity index (χ0v) is 10.1. The minimum absolute atomic E-state index is 0.00729. The number of carbonyl (C=O) groups is 2. The molecular weight excluding hydrogens is 250 g/mol. The van der Waals surface area contributed by atoms with Gasteiger partial charge in [0.15, 0.2) is 6.61 Å². The first kappa shape index (κ1) is 11.8. The van der Waals surface area contributed by atoms with E-state index in [9.17, 15) is 9.59 Å². The van der Waals surface area contributed by atoms with Gasteiger partial charge in [-0.3, -0.25) is 9.69 Å². The van der Waals surface area contributed by atoms with Gasteiger partial charge in [0.05, 0.1) is 12.2 Å². The van der Waals surface area contributed by atoms with Crippen molar-refractivity contribution in [3.8, 4) is 5.75 Å². The van der Waals surface area contributed by atoms with Crippen LogP contribution in [0, 0.1) is 0 Å². The van der Waals surface area contributed by atoms with Gasteiger partial charge in [0.2, 0.25) is 0 Å². The number of hydrogen-bond acceptors (Lipinski definition) is 5. The van der Waals surface area contributed by atoms with Crippen LogP contribution in [-0.2, 0) is 9.53 Å². The van der Waals surface area contributed by atoms with Gasteiger partial charge >= 0.3 is 6.09 Å². The Morgan fingerprint density at radius 2 is 2.26 bits per heavy atom. The van der Waals surface area contributed by atoms with Crippen molar-refractivity contribution in [2.24, 2.45) is 5.73 Å². The highest BCUT2D eigenvalue weighted by atomic mass is 16.6. The Labute approximate surface area is 109 Å². The van der Waals surface area contributed by atoms with Crippen molar-refractivity contribution >= 4 is 23.4 Å². The molecule has 7 nitrogen and oxygen atoms in total. The number of amides is 2. The third kappa shape index (κ3) is 2.08. The third-order valence-electron chi connectivity index (χ3n) is 3.04. The Morgan fingerprint density at radius 3 is 3.00 bits per heavy atom. The number of benzene rings is 1. The molecule has 0 aliphatic carbocycles. The van der Waals surface area contributed by atoms with Crippen molar-refractivity contribution < 1.29 is 19.1 Å². The van der Waals surface area contributed by atoms with Crippen LogP contribution in [0.5, 0.6) is 5.75 Å². The first-order chi connectivity index (χ1) is 9.17. The monoisotopic (exact) mass is 263 g/mol. The summed E-state index contributed by atoms with van der Waals surface area (Å²) in [4.78, 5) is 24.5. The normalized spacial score (nSPS) is 21.5. The van der Waals surface area contributed by atoms with Crippen LogP contribution in [0.3, 0.4) is 0 Å². The van der Waals surface area contributed by atoms with E-state index in [1.807, 2.05) is 0 Å². The van der Waals surface area contributed by atoms with Crippen molar-refractivity contribution in [1.82, 2.24) is 0 Å². The molecule has 2 amide bonds. The molecule has 100 valence electrons. The maximum absolute atomic E-state index is 11.7. The van der Waals surface area contributed by atoms with Crippen LogP contribution in [0.25, 0.3) is 0 Å². The average molecular weight is 263 g/mol. The summed E-state index contributed by atoms with van der Waals surface area (Å²) in [5.41, 5.74) is 6.68. The SMILES string of the molecule is NC[C@@H]1CN(c2ccc3c(c2)NC(=O)CO3)C(=O)O1. The largest absolute Gasteiger partial charge is 0.482 e. The molecule has 0 unspecified atom stereocenters. The zero-order chi connectivity index (χ0) is 13.4. The van der Waals surface area contributed by atoms with Gasteiger partial charge in [0.25, 0.3) is 5.91 Å². The number of nitrogens with zero attached hydrogens (tertiary/aromatic N) is 1. The lowest BCUT2D eigenvalue weighted by Gasteiger charge is -2.20. The van der Waals surface area contributed by atoms with E-state index < -0.39 is 6.09 Å². The van der Waals surface area contributed by atoms with Crippen LogP contribution in [0.4, 0.5) is 16.2 Å². The molecule has 0 bridgehead atoms. The maximum Gasteiger partial charge on any atom is 0.414 e. The standard InChI is InChI=1S/C12H13N3O4/c13-4-8-5-15(12(17)19-8)7-1-2-10-9(3-7)14-11(16)6-18-10/h1-3,8H,4-6,13H2,(H,14,16)/t8-/m1/s1. The molecule has 2 aliphatic heterocycles. The molecular formula is C12H13N3O4. The predicted octanol–water partition coefficient (Wildman–Crippen LogP) is 0.301. The smallest absolute Gasteiger partial charge is 0.414 e. The van der Waals surface area contributed by atoms with E-state index >= 15 is 0 Å². The summed E-state index contributed by atoms with van der Waals surface area (Å²) in [6.07, 6.45) is -0.729. The van der Waals surface area contributed by atoms with Crippen LogP contribution in [-0.4, -0.2) is 37.8 Å². The zero-order valence-electron chi connectivity index (χ0n) is 10.1. The topological polar surface area (TPSA) is 93.9 Å². The highest BCUT2D eigenvalue weighted by Gasteiger charge is 2.32. The summed E-state index contributed by atoms with van der Waals surface area (Å²) >= 11 is 0. The van der Waals surface area contributed by atoms with Crippen LogP contribution in [0.15, 0.2) is 18.2 Å². The second kappa shape index (κ2) is 4.43. The maximum atomic E-state index is 11.7. The fourth-order valence-corrected chi connectivity index (χ4v) is 2.09. The number of anilines is 2. The van der Waals surface area contributed by atoms with Crippen molar-refractivity contribution in [2.45, 2.75) is 6.10 Å². The summed E-state index contributed by atoms with van der Waals surface area (Å²) in [5.74, 6) is 0.375. The van der Waals surface area contributed by atoms with Gasteiger partial charge in [-0.15, -0.1) is 0 Å². The molecule has 2 heterocycles. The third-order valence-corrected chi connectivity index (χ3v) is 3.04. The number of carbonyl (C=O) groups excluding carboxylic acids is 2. The molecule has 1 aromatic rings. The summed E-state index contributed by atoms with van der Waals surface area (Å²) in [7, 11) is 0. The minimum atomic E-state index is -0.432. The van der Waals surface area contributed by atoms with E-state index in [1.165, 1.54) is 4.90 Å². The van der Waals surface area contributed by atoms with E-state index in [1.54, 1.807) is 18.2 Å². The van der Waals surface area contributed by atoms with E-state index in [-0.39, 0.29) is 25.2 Å². The summed E-state index contributed by atoms with van der Waals surface area (Å²) in [6.45, 7) is 0.698. The molecule has 0 saturated carbocycles. The van der Waals surface area contributed by atoms with Gasteiger partial charge in [-0.25, -0.2) is 4.79 Å². The van der Waals surface area contributed by atoms with Crippen molar-refractivity contribution in [3.05, 3.63) is 18.2 Å². The molecule has 1 saturated heterocycles. The molecule has 2 aliphatic rings. The van der Waals surface area contributed by atoms with Crippen LogP contribution >= 0.6 is 0 Å². The molecule has 3 N–H and O–H groups in total. The molecule has 7 heteroatoms. The number of fused-ring (bicyclic) bond motifs is 1. The Kier molecular flexibility index (Phi) is 2.75. The van der Waals surface area contributed by atoms with E-state index in [0.717, 1.165) is 0 Å². The van der Waals surface area contributed by atoms with Gasteiger partial charge in [-0.05, 0) is 18.2 Å². The Bertz CT molecular complexity index is 546. The van der Waals surface area contributed by atoms with E-state index in [4.69, 9.17) is 15.2 Å². The first-order valence-electron chi connectivity index (χ1n) is 5.92. The van der Waals surface area contributed by atoms with Gasteiger partial charge in [0.1, 0.15) is 11.9 Å². The molecule has 0 aromatic heterocycles. The minimum Gasteiger partial charge on any atom is -0.482 e. The number of rotatable bonds is 2. The number of nitrogens with two attached hydrogens (primary N) is 1. The van der Waals surface area contributed by atoms with Crippen molar-refractivity contribution in [3.63, 3.8) is 0 Å². The Hall–Kier alpha value is -2.28. The summed E-state index contributed by atoms with van der Waals surface area (Å²) < 4.78 is 10.3. The number of hydrogen-bond donors (Lipinski definition) is 2. The molecule has 0 radical (unpaired) electrons. The molecule has 1 fully saturated rings. The average Bonchev–Trinajstić information content (AvgIpc) is 2.79. The molecule has 3 rings (SSSR count). The second-order valence-electron chi connectivity index (χ2n) is 4.37. The summed E-state index contributed by atoms with van der Waals surface area (Å²) in [6, 6.07) is 5.15. The lowest BCUT2D eigenvalue weighted by atomic mass is 10.2. The highest BCUT2D eigenvalue weighted by Crippen LogP contribution is 2.33. The lowest BCUT2D eigenvalue weighted by Crippen LogP contribution is -2.28. The van der Waals surface area contributed by atoms with E-state index in [0.29, 0.717) is 23.7 Å². The van der Waals surface area contributed by atoms with Gasteiger partial charge in [-0.2, -0.15) is 0 Å². The highest BCUT2D eigenvalue weighted by molar-refractivity contribution is 5.97. The van der Waals surface area contributed by atoms with Gasteiger partial charge in [0, 0.05) is 12.2 Å². The summed E-state index contributed by atoms with van der Waals surface area (Å²) in [5, 5.41) is 2.70. The molecule has 1 atom stereocenters. The van der Waals surface area contributed by atoms with Crippen molar-refractivity contribution in [1.29, 1.82) is 0 Å². The fraction of sp³-hybridized carbons (Fsp3) is 0.333. The second-order valence-corrected chi connectivity index (χ2v) is 4.37. The van der Waals surface area contributed by atoms with Crippen LogP contribution in [0.2, 0.25) is 0 Å². The molecule has 0 spiro atoms. The van der Waals surface area contributed by atoms with E-state index in [2.05, 4.69) is 5.32 Å². The number of nitrogens with one attached hydrogen (secondary N) is 1. The number of ether oxygens (including phenoxy) is 2. The Morgan fingerprint density at radius 1 is 1.42 bits per heavy atom. The van der Waals surface area contributed by atoms with Crippen molar-refractivity contribution in [2.75, 3.05) is 29.9 Å². The lowest BCUT2D eigenvalue weighted by molar-refractivity contribution is -0.118. The first-order valence-corrected chi connectivity index (χ1v) is 5.92. The van der Waals surface area contributed by atoms with Gasteiger partial charge in [-0.1, -0.05) is 0 Å². The Balaban J connectivity index is 1.88. The quantitative estimate of drug-likeness (QED) is 0.800. The predicted molar refractivity (Wildman–Crippen MR) is 67.2 cm³/mol. The number of cyclic esters (lactones) is 1. The van der Waals surface area contributed by atoms with Gasteiger partial charge < -0.3 is 20.5 Å². The molecule has 1 aromatic carbocycles. The fourth-order valence-electron chi connectivity index (χ4n) is 2.09. The molecule has 19 heavy (non-hydrogen) atoms. The van der Waals surface area contributed by atoms with Crippen LogP contribution < -0.4 is 20.7 Å².